The van der Waals surface area contributed by atoms with E-state index in [2.05, 4.69) is 65.1 Å². The molecule has 2 aromatic rings. The number of benzene rings is 1. The molecular weight excluding hydrogens is 294 g/mol. The van der Waals surface area contributed by atoms with Crippen LogP contribution in [0.3, 0.4) is 0 Å². The second-order valence-corrected chi connectivity index (χ2v) is 5.93. The number of thioether (sulfide) groups is 1. The fourth-order valence-corrected chi connectivity index (χ4v) is 2.98. The summed E-state index contributed by atoms with van der Waals surface area (Å²) in [6.07, 6.45) is 1.85. The predicted octanol–water partition coefficient (Wildman–Crippen LogP) is 4.75. The second kappa shape index (κ2) is 5.69. The van der Waals surface area contributed by atoms with Crippen molar-refractivity contribution in [3.05, 3.63) is 57.7 Å². The molecule has 0 N–H and O–H groups in total. The normalized spacial score (nSPS) is 10.5. The quantitative estimate of drug-likeness (QED) is 0.759. The molecule has 3 heteroatoms. The van der Waals surface area contributed by atoms with Crippen LogP contribution in [0.4, 0.5) is 0 Å². The van der Waals surface area contributed by atoms with Gasteiger partial charge in [0.25, 0.3) is 0 Å². The van der Waals surface area contributed by atoms with Crippen molar-refractivity contribution in [2.24, 2.45) is 0 Å². The molecule has 0 aliphatic heterocycles. The minimum atomic E-state index is 0.969. The van der Waals surface area contributed by atoms with Gasteiger partial charge in [-0.2, -0.15) is 0 Å². The van der Waals surface area contributed by atoms with Gasteiger partial charge in [-0.25, -0.2) is 4.98 Å². The number of aromatic nitrogens is 1. The Morgan fingerprint density at radius 3 is 2.76 bits per heavy atom. The first kappa shape index (κ1) is 12.7. The molecule has 2 rings (SSSR count). The van der Waals surface area contributed by atoms with Crippen molar-refractivity contribution in [2.75, 3.05) is 0 Å². The van der Waals surface area contributed by atoms with Crippen LogP contribution in [0.5, 0.6) is 0 Å². The number of aryl methyl sites for hydroxylation is 2. The zero-order chi connectivity index (χ0) is 12.3. The summed E-state index contributed by atoms with van der Waals surface area (Å²) in [6.45, 7) is 4.22. The zero-order valence-electron chi connectivity index (χ0n) is 9.90. The van der Waals surface area contributed by atoms with Crippen LogP contribution in [0.2, 0.25) is 0 Å². The first-order valence-electron chi connectivity index (χ1n) is 5.45. The Bertz CT molecular complexity index is 525. The summed E-state index contributed by atoms with van der Waals surface area (Å²) in [5, 5.41) is 1.11. The molecule has 0 bridgehead atoms. The van der Waals surface area contributed by atoms with E-state index in [0.717, 1.165) is 15.3 Å². The van der Waals surface area contributed by atoms with Crippen molar-refractivity contribution < 1.29 is 0 Å². The monoisotopic (exact) mass is 307 g/mol. The lowest BCUT2D eigenvalue weighted by atomic mass is 10.2. The lowest BCUT2D eigenvalue weighted by Gasteiger charge is -2.05. The molecule has 0 aliphatic rings. The minimum absolute atomic E-state index is 0.969. The number of rotatable bonds is 3. The van der Waals surface area contributed by atoms with Gasteiger partial charge in [0, 0.05) is 16.4 Å². The maximum Gasteiger partial charge on any atom is 0.0993 e. The summed E-state index contributed by atoms with van der Waals surface area (Å²) >= 11 is 5.22. The van der Waals surface area contributed by atoms with E-state index in [4.69, 9.17) is 0 Å². The summed E-state index contributed by atoms with van der Waals surface area (Å²) in [7, 11) is 0. The molecule has 0 atom stereocenters. The highest BCUT2D eigenvalue weighted by Gasteiger charge is 2.02. The number of hydrogen-bond donors (Lipinski definition) is 0. The van der Waals surface area contributed by atoms with Gasteiger partial charge >= 0.3 is 0 Å². The van der Waals surface area contributed by atoms with Gasteiger partial charge in [-0.05, 0) is 47.0 Å². The maximum atomic E-state index is 4.43. The van der Waals surface area contributed by atoms with Crippen LogP contribution in [0.25, 0.3) is 0 Å². The largest absolute Gasteiger partial charge is 0.248 e. The Kier molecular flexibility index (Phi) is 4.24. The van der Waals surface area contributed by atoms with Crippen LogP contribution >= 0.6 is 27.7 Å². The third kappa shape index (κ3) is 3.58. The minimum Gasteiger partial charge on any atom is -0.248 e. The summed E-state index contributed by atoms with van der Waals surface area (Å²) in [5.41, 5.74) is 3.87. The van der Waals surface area contributed by atoms with Crippen LogP contribution < -0.4 is 0 Å². The highest BCUT2D eigenvalue weighted by molar-refractivity contribution is 9.10. The van der Waals surface area contributed by atoms with Gasteiger partial charge in [-0.1, -0.05) is 29.8 Å². The van der Waals surface area contributed by atoms with Gasteiger partial charge in [0.15, 0.2) is 0 Å². The Labute approximate surface area is 115 Å². The summed E-state index contributed by atoms with van der Waals surface area (Å²) in [4.78, 5) is 4.43. The van der Waals surface area contributed by atoms with Gasteiger partial charge in [0.1, 0.15) is 0 Å². The van der Waals surface area contributed by atoms with Crippen LogP contribution in [0, 0.1) is 13.8 Å². The molecule has 1 aromatic heterocycles. The van der Waals surface area contributed by atoms with E-state index in [-0.39, 0.29) is 0 Å². The smallest absolute Gasteiger partial charge is 0.0993 e. The highest BCUT2D eigenvalue weighted by Crippen LogP contribution is 2.25. The topological polar surface area (TPSA) is 12.9 Å². The predicted molar refractivity (Wildman–Crippen MR) is 77.4 cm³/mol. The van der Waals surface area contributed by atoms with Crippen molar-refractivity contribution >= 4 is 27.7 Å². The van der Waals surface area contributed by atoms with Crippen LogP contribution in [0.15, 0.2) is 46.0 Å². The Morgan fingerprint density at radius 2 is 2.06 bits per heavy atom. The van der Waals surface area contributed by atoms with Crippen LogP contribution in [-0.4, -0.2) is 4.98 Å². The molecule has 88 valence electrons. The molecule has 0 fully saturated rings. The van der Waals surface area contributed by atoms with E-state index >= 15 is 0 Å². The van der Waals surface area contributed by atoms with Gasteiger partial charge in [-0.15, -0.1) is 11.8 Å². The van der Waals surface area contributed by atoms with E-state index < -0.39 is 0 Å². The molecule has 0 saturated heterocycles. The van der Waals surface area contributed by atoms with Crippen molar-refractivity contribution in [1.82, 2.24) is 4.98 Å². The molecule has 0 spiro atoms. The molecule has 0 saturated carbocycles. The van der Waals surface area contributed by atoms with Gasteiger partial charge in [-0.3, -0.25) is 0 Å². The highest BCUT2D eigenvalue weighted by atomic mass is 79.9. The SMILES string of the molecule is Cc1cccc(CSc2ncc(Br)cc2C)c1. The third-order valence-electron chi connectivity index (χ3n) is 2.45. The van der Waals surface area contributed by atoms with E-state index in [1.165, 1.54) is 16.7 Å². The molecular formula is C14H14BrNS. The van der Waals surface area contributed by atoms with Gasteiger partial charge in [0.2, 0.25) is 0 Å². The van der Waals surface area contributed by atoms with E-state index in [1.807, 2.05) is 6.20 Å². The Balaban J connectivity index is 2.07. The maximum absolute atomic E-state index is 4.43. The number of hydrogen-bond acceptors (Lipinski definition) is 2. The first-order valence-corrected chi connectivity index (χ1v) is 7.23. The summed E-state index contributed by atoms with van der Waals surface area (Å²) in [6, 6.07) is 10.7. The molecule has 0 aliphatic carbocycles. The number of nitrogens with zero attached hydrogens (tertiary/aromatic N) is 1. The number of halogens is 1. The second-order valence-electron chi connectivity index (χ2n) is 4.05. The lowest BCUT2D eigenvalue weighted by Crippen LogP contribution is -1.87. The molecule has 1 heterocycles. The standard InChI is InChI=1S/C14H14BrNS/c1-10-4-3-5-12(6-10)9-17-14-11(2)7-13(15)8-16-14/h3-8H,9H2,1-2H3. The number of pyridine rings is 1. The van der Waals surface area contributed by atoms with Gasteiger partial charge in [0.05, 0.1) is 5.03 Å². The van der Waals surface area contributed by atoms with Crippen molar-refractivity contribution in [1.29, 1.82) is 0 Å². The van der Waals surface area contributed by atoms with E-state index in [1.54, 1.807) is 11.8 Å². The molecule has 0 radical (unpaired) electrons. The van der Waals surface area contributed by atoms with Crippen molar-refractivity contribution in [3.63, 3.8) is 0 Å². The molecule has 0 amide bonds. The van der Waals surface area contributed by atoms with Crippen molar-refractivity contribution in [2.45, 2.75) is 24.6 Å². The Morgan fingerprint density at radius 1 is 1.24 bits per heavy atom. The Hall–Kier alpha value is -0.800. The molecule has 0 unspecified atom stereocenters. The van der Waals surface area contributed by atoms with Crippen molar-refractivity contribution in [3.8, 4) is 0 Å². The van der Waals surface area contributed by atoms with E-state index in [9.17, 15) is 0 Å². The summed E-state index contributed by atoms with van der Waals surface area (Å²) in [5.74, 6) is 0.969. The van der Waals surface area contributed by atoms with Gasteiger partial charge < -0.3 is 0 Å². The molecule has 1 nitrogen and oxygen atoms in total. The first-order chi connectivity index (χ1) is 8.15. The van der Waals surface area contributed by atoms with Crippen LogP contribution in [-0.2, 0) is 5.75 Å². The third-order valence-corrected chi connectivity index (χ3v) is 4.07. The van der Waals surface area contributed by atoms with Crippen LogP contribution in [0.1, 0.15) is 16.7 Å². The fraction of sp³-hybridized carbons (Fsp3) is 0.214. The lowest BCUT2D eigenvalue weighted by molar-refractivity contribution is 1.07. The zero-order valence-corrected chi connectivity index (χ0v) is 12.3. The van der Waals surface area contributed by atoms with E-state index in [0.29, 0.717) is 0 Å². The molecule has 1 aromatic carbocycles. The average molecular weight is 308 g/mol. The fourth-order valence-electron chi connectivity index (χ4n) is 1.63. The average Bonchev–Trinajstić information content (AvgIpc) is 2.28. The molecule has 17 heavy (non-hydrogen) atoms. The summed E-state index contributed by atoms with van der Waals surface area (Å²) < 4.78 is 1.04.